The van der Waals surface area contributed by atoms with Gasteiger partial charge < -0.3 is 20.3 Å². The van der Waals surface area contributed by atoms with E-state index in [0.29, 0.717) is 5.70 Å². The number of hydrogen-bond donors (Lipinski definition) is 3. The van der Waals surface area contributed by atoms with Gasteiger partial charge in [0.15, 0.2) is 0 Å². The lowest BCUT2D eigenvalue weighted by molar-refractivity contribution is -0.136. The summed E-state index contributed by atoms with van der Waals surface area (Å²) in [6.45, 7) is 3.63. The molecule has 0 atom stereocenters. The third kappa shape index (κ3) is 2.94. The molecule has 5 nitrogen and oxygen atoms in total. The van der Waals surface area contributed by atoms with E-state index < -0.39 is 5.97 Å². The SMILES string of the molecule is CCOC(=O)/C(=C(\C)NC)c1cc(O)ccc1O. The monoisotopic (exact) mass is 251 g/mol. The van der Waals surface area contributed by atoms with Gasteiger partial charge >= 0.3 is 5.97 Å². The Bertz CT molecular complexity index is 480. The number of allylic oxidation sites excluding steroid dienone is 1. The molecule has 0 aromatic heterocycles. The summed E-state index contributed by atoms with van der Waals surface area (Å²) in [7, 11) is 1.66. The Hall–Kier alpha value is -2.17. The number of ether oxygens (including phenoxy) is 1. The summed E-state index contributed by atoms with van der Waals surface area (Å²) in [5.74, 6) is -0.677. The largest absolute Gasteiger partial charge is 0.508 e. The van der Waals surface area contributed by atoms with Gasteiger partial charge in [-0.15, -0.1) is 0 Å². The average molecular weight is 251 g/mol. The Morgan fingerprint density at radius 3 is 2.61 bits per heavy atom. The van der Waals surface area contributed by atoms with Crippen molar-refractivity contribution < 1.29 is 19.7 Å². The second-order valence-electron chi connectivity index (χ2n) is 3.67. The van der Waals surface area contributed by atoms with Gasteiger partial charge in [-0.3, -0.25) is 0 Å². The number of phenols is 2. The maximum Gasteiger partial charge on any atom is 0.340 e. The van der Waals surface area contributed by atoms with Gasteiger partial charge in [0.2, 0.25) is 0 Å². The fourth-order valence-corrected chi connectivity index (χ4v) is 1.52. The maximum atomic E-state index is 11.9. The van der Waals surface area contributed by atoms with Gasteiger partial charge in [0.1, 0.15) is 11.5 Å². The van der Waals surface area contributed by atoms with E-state index in [1.165, 1.54) is 18.2 Å². The van der Waals surface area contributed by atoms with E-state index in [4.69, 9.17) is 4.74 Å². The number of esters is 1. The molecule has 0 bridgehead atoms. The predicted molar refractivity (Wildman–Crippen MR) is 68.1 cm³/mol. The Balaban J connectivity index is 3.36. The van der Waals surface area contributed by atoms with E-state index in [1.807, 2.05) is 0 Å². The zero-order chi connectivity index (χ0) is 13.7. The van der Waals surface area contributed by atoms with E-state index in [9.17, 15) is 15.0 Å². The molecule has 0 aliphatic carbocycles. The maximum absolute atomic E-state index is 11.9. The van der Waals surface area contributed by atoms with Crippen LogP contribution in [0.15, 0.2) is 23.9 Å². The van der Waals surface area contributed by atoms with Crippen LogP contribution >= 0.6 is 0 Å². The molecule has 0 amide bonds. The van der Waals surface area contributed by atoms with Crippen molar-refractivity contribution in [3.63, 3.8) is 0 Å². The molecule has 0 aliphatic heterocycles. The van der Waals surface area contributed by atoms with Gasteiger partial charge in [-0.2, -0.15) is 0 Å². The second kappa shape index (κ2) is 5.95. The van der Waals surface area contributed by atoms with Gasteiger partial charge in [0.05, 0.1) is 12.2 Å². The van der Waals surface area contributed by atoms with Gasteiger partial charge in [-0.25, -0.2) is 4.79 Å². The van der Waals surface area contributed by atoms with Crippen LogP contribution in [-0.2, 0) is 9.53 Å². The van der Waals surface area contributed by atoms with Crippen molar-refractivity contribution in [2.45, 2.75) is 13.8 Å². The molecule has 0 heterocycles. The molecule has 5 heteroatoms. The Labute approximate surface area is 106 Å². The molecule has 0 fully saturated rings. The molecule has 18 heavy (non-hydrogen) atoms. The van der Waals surface area contributed by atoms with Crippen molar-refractivity contribution in [1.29, 1.82) is 0 Å². The minimum atomic E-state index is -0.551. The Morgan fingerprint density at radius 1 is 1.39 bits per heavy atom. The number of aromatic hydroxyl groups is 2. The molecule has 0 aliphatic rings. The fraction of sp³-hybridized carbons (Fsp3) is 0.308. The molecule has 0 unspecified atom stereocenters. The summed E-state index contributed by atoms with van der Waals surface area (Å²) < 4.78 is 4.95. The quantitative estimate of drug-likeness (QED) is 0.430. The van der Waals surface area contributed by atoms with Gasteiger partial charge in [0, 0.05) is 18.3 Å². The lowest BCUT2D eigenvalue weighted by Crippen LogP contribution is -2.14. The van der Waals surface area contributed by atoms with E-state index in [0.717, 1.165) is 0 Å². The summed E-state index contributed by atoms with van der Waals surface area (Å²) in [5, 5.41) is 22.1. The number of benzene rings is 1. The molecule has 1 rings (SSSR count). The van der Waals surface area contributed by atoms with Crippen molar-refractivity contribution in [2.24, 2.45) is 0 Å². The number of hydrogen-bond acceptors (Lipinski definition) is 5. The smallest absolute Gasteiger partial charge is 0.340 e. The molecule has 1 aromatic carbocycles. The lowest BCUT2D eigenvalue weighted by atomic mass is 10.0. The first-order valence-corrected chi connectivity index (χ1v) is 5.59. The third-order valence-electron chi connectivity index (χ3n) is 2.48. The normalized spacial score (nSPS) is 11.7. The molecule has 0 saturated heterocycles. The van der Waals surface area contributed by atoms with Gasteiger partial charge in [-0.05, 0) is 32.0 Å². The van der Waals surface area contributed by atoms with Crippen molar-refractivity contribution in [3.05, 3.63) is 29.5 Å². The predicted octanol–water partition coefficient (Wildman–Crippen LogP) is 1.61. The summed E-state index contributed by atoms with van der Waals surface area (Å²) in [5.41, 5.74) is 0.988. The lowest BCUT2D eigenvalue weighted by Gasteiger charge is -2.13. The van der Waals surface area contributed by atoms with Crippen LogP contribution in [0.25, 0.3) is 5.57 Å². The van der Waals surface area contributed by atoms with E-state index in [1.54, 1.807) is 20.9 Å². The van der Waals surface area contributed by atoms with Crippen LogP contribution in [-0.4, -0.2) is 29.8 Å². The van der Waals surface area contributed by atoms with Crippen LogP contribution < -0.4 is 5.32 Å². The van der Waals surface area contributed by atoms with Crippen molar-refractivity contribution >= 4 is 11.5 Å². The molecule has 3 N–H and O–H groups in total. The number of carbonyl (C=O) groups excluding carboxylic acids is 1. The summed E-state index contributed by atoms with van der Waals surface area (Å²) in [4.78, 5) is 11.9. The Kier molecular flexibility index (Phi) is 4.59. The first-order chi connectivity index (χ1) is 8.51. The molecule has 0 saturated carbocycles. The number of rotatable bonds is 4. The fourth-order valence-electron chi connectivity index (χ4n) is 1.52. The first-order valence-electron chi connectivity index (χ1n) is 5.59. The summed E-state index contributed by atoms with van der Waals surface area (Å²) >= 11 is 0. The van der Waals surface area contributed by atoms with Crippen LogP contribution in [0.3, 0.4) is 0 Å². The highest BCUT2D eigenvalue weighted by atomic mass is 16.5. The zero-order valence-corrected chi connectivity index (χ0v) is 10.7. The topological polar surface area (TPSA) is 78.8 Å². The third-order valence-corrected chi connectivity index (χ3v) is 2.48. The molecule has 98 valence electrons. The Morgan fingerprint density at radius 2 is 2.06 bits per heavy atom. The van der Waals surface area contributed by atoms with Crippen LogP contribution in [0.4, 0.5) is 0 Å². The summed E-state index contributed by atoms with van der Waals surface area (Å²) in [6.07, 6.45) is 0. The van der Waals surface area contributed by atoms with E-state index >= 15 is 0 Å². The van der Waals surface area contributed by atoms with Gasteiger partial charge in [-0.1, -0.05) is 0 Å². The highest BCUT2D eigenvalue weighted by Crippen LogP contribution is 2.30. The zero-order valence-electron chi connectivity index (χ0n) is 10.7. The van der Waals surface area contributed by atoms with E-state index in [2.05, 4.69) is 5.32 Å². The van der Waals surface area contributed by atoms with Crippen LogP contribution in [0.5, 0.6) is 11.5 Å². The second-order valence-corrected chi connectivity index (χ2v) is 3.67. The summed E-state index contributed by atoms with van der Waals surface area (Å²) in [6, 6.07) is 3.99. The minimum absolute atomic E-state index is 0.0338. The number of carbonyl (C=O) groups is 1. The standard InChI is InChI=1S/C13H17NO4/c1-4-18-13(17)12(8(2)14-3)10-7-9(15)5-6-11(10)16/h5-7,14-16H,4H2,1-3H3/b12-8+. The number of nitrogens with one attached hydrogen (secondary N) is 1. The minimum Gasteiger partial charge on any atom is -0.508 e. The van der Waals surface area contributed by atoms with Crippen molar-refractivity contribution in [2.75, 3.05) is 13.7 Å². The van der Waals surface area contributed by atoms with Gasteiger partial charge in [0.25, 0.3) is 0 Å². The van der Waals surface area contributed by atoms with Crippen LogP contribution in [0.1, 0.15) is 19.4 Å². The number of phenolic OH excluding ortho intramolecular Hbond substituents is 2. The first kappa shape index (κ1) is 13.9. The molecule has 1 aromatic rings. The van der Waals surface area contributed by atoms with Crippen LogP contribution in [0, 0.1) is 0 Å². The van der Waals surface area contributed by atoms with E-state index in [-0.39, 0.29) is 29.2 Å². The molecule has 0 spiro atoms. The van der Waals surface area contributed by atoms with Crippen LogP contribution in [0.2, 0.25) is 0 Å². The molecular weight excluding hydrogens is 234 g/mol. The molecule has 0 radical (unpaired) electrons. The van der Waals surface area contributed by atoms with Crippen molar-refractivity contribution in [3.8, 4) is 11.5 Å². The average Bonchev–Trinajstić information content (AvgIpc) is 2.34. The van der Waals surface area contributed by atoms with Crippen molar-refractivity contribution in [1.82, 2.24) is 5.32 Å². The highest BCUT2D eigenvalue weighted by molar-refractivity contribution is 6.18. The highest BCUT2D eigenvalue weighted by Gasteiger charge is 2.20. The molecular formula is C13H17NO4.